The Labute approximate surface area is 104 Å². The predicted molar refractivity (Wildman–Crippen MR) is 68.4 cm³/mol. The minimum Gasteiger partial charge on any atom is -0.368 e. The minimum absolute atomic E-state index is 0.0328. The van der Waals surface area contributed by atoms with Crippen LogP contribution in [-0.2, 0) is 9.59 Å². The maximum absolute atomic E-state index is 11.9. The molecule has 0 heterocycles. The van der Waals surface area contributed by atoms with Crippen molar-refractivity contribution in [2.45, 2.75) is 52.6 Å². The molecule has 5 heteroatoms. The van der Waals surface area contributed by atoms with Gasteiger partial charge in [-0.25, -0.2) is 0 Å². The van der Waals surface area contributed by atoms with Gasteiger partial charge < -0.3 is 16.0 Å². The molecule has 0 spiro atoms. The summed E-state index contributed by atoms with van der Waals surface area (Å²) < 4.78 is 0. The molecule has 0 fully saturated rings. The second-order valence-electron chi connectivity index (χ2n) is 4.20. The van der Waals surface area contributed by atoms with E-state index in [1.807, 2.05) is 27.7 Å². The molecule has 2 amide bonds. The molecule has 0 aliphatic rings. The lowest BCUT2D eigenvalue weighted by atomic mass is 10.1. The summed E-state index contributed by atoms with van der Waals surface area (Å²) in [5.41, 5.74) is 5.30. The van der Waals surface area contributed by atoms with Gasteiger partial charge in [0.15, 0.2) is 0 Å². The summed E-state index contributed by atoms with van der Waals surface area (Å²) in [6.07, 6.45) is 1.03. The first-order valence-electron chi connectivity index (χ1n) is 6.29. The highest BCUT2D eigenvalue weighted by Gasteiger charge is 2.22. The summed E-state index contributed by atoms with van der Waals surface area (Å²) in [5, 5.41) is 3.08. The maximum atomic E-state index is 11.9. The van der Waals surface area contributed by atoms with Crippen LogP contribution >= 0.6 is 0 Å². The molecule has 0 aliphatic heterocycles. The van der Waals surface area contributed by atoms with Crippen LogP contribution in [0.25, 0.3) is 0 Å². The van der Waals surface area contributed by atoms with Crippen LogP contribution in [0.2, 0.25) is 0 Å². The zero-order valence-corrected chi connectivity index (χ0v) is 11.3. The van der Waals surface area contributed by atoms with Crippen LogP contribution in [0.4, 0.5) is 0 Å². The largest absolute Gasteiger partial charge is 0.368 e. The first-order chi connectivity index (χ1) is 7.96. The van der Waals surface area contributed by atoms with Gasteiger partial charge >= 0.3 is 0 Å². The smallest absolute Gasteiger partial charge is 0.235 e. The van der Waals surface area contributed by atoms with Crippen molar-refractivity contribution in [2.24, 2.45) is 5.73 Å². The standard InChI is InChI=1S/C12H25N3O2/c1-5-9(4)14-10(12(13)17)8-11(16)15(6-2)7-3/h9-10,14H,5-8H2,1-4H3,(H2,13,17). The van der Waals surface area contributed by atoms with Crippen molar-refractivity contribution in [1.29, 1.82) is 0 Å². The monoisotopic (exact) mass is 243 g/mol. The molecular formula is C12H25N3O2. The summed E-state index contributed by atoms with van der Waals surface area (Å²) in [5.74, 6) is -0.500. The highest BCUT2D eigenvalue weighted by Crippen LogP contribution is 2.01. The Hall–Kier alpha value is -1.10. The van der Waals surface area contributed by atoms with E-state index in [1.165, 1.54) is 0 Å². The molecule has 0 rings (SSSR count). The van der Waals surface area contributed by atoms with Gasteiger partial charge in [0.25, 0.3) is 0 Å². The fourth-order valence-electron chi connectivity index (χ4n) is 1.58. The number of hydrogen-bond acceptors (Lipinski definition) is 3. The highest BCUT2D eigenvalue weighted by molar-refractivity contribution is 5.87. The lowest BCUT2D eigenvalue weighted by molar-refractivity contribution is -0.134. The van der Waals surface area contributed by atoms with Gasteiger partial charge in [0.2, 0.25) is 11.8 Å². The molecule has 0 aromatic heterocycles. The maximum Gasteiger partial charge on any atom is 0.235 e. The number of carbonyl (C=O) groups is 2. The predicted octanol–water partition coefficient (Wildman–Crippen LogP) is 0.487. The Bertz CT molecular complexity index is 252. The van der Waals surface area contributed by atoms with Crippen LogP contribution in [-0.4, -0.2) is 41.9 Å². The molecule has 0 aromatic carbocycles. The number of primary amides is 1. The molecule has 0 saturated heterocycles. The van der Waals surface area contributed by atoms with E-state index in [2.05, 4.69) is 5.32 Å². The van der Waals surface area contributed by atoms with Gasteiger partial charge in [-0.3, -0.25) is 9.59 Å². The molecule has 5 nitrogen and oxygen atoms in total. The first kappa shape index (κ1) is 15.9. The van der Waals surface area contributed by atoms with Crippen LogP contribution in [0, 0.1) is 0 Å². The van der Waals surface area contributed by atoms with E-state index in [4.69, 9.17) is 5.73 Å². The van der Waals surface area contributed by atoms with Gasteiger partial charge in [-0.1, -0.05) is 6.92 Å². The van der Waals surface area contributed by atoms with Gasteiger partial charge in [-0.15, -0.1) is 0 Å². The summed E-state index contributed by atoms with van der Waals surface area (Å²) >= 11 is 0. The fraction of sp³-hybridized carbons (Fsp3) is 0.833. The number of nitrogens with zero attached hydrogens (tertiary/aromatic N) is 1. The summed E-state index contributed by atoms with van der Waals surface area (Å²) in [4.78, 5) is 24.8. The van der Waals surface area contributed by atoms with Crippen LogP contribution < -0.4 is 11.1 Å². The van der Waals surface area contributed by atoms with Crippen molar-refractivity contribution in [3.63, 3.8) is 0 Å². The quantitative estimate of drug-likeness (QED) is 0.651. The summed E-state index contributed by atoms with van der Waals surface area (Å²) in [6, 6.07) is -0.393. The SMILES string of the molecule is CCC(C)NC(CC(=O)N(CC)CC)C(N)=O. The third-order valence-corrected chi connectivity index (χ3v) is 2.94. The number of nitrogens with two attached hydrogens (primary N) is 1. The molecule has 17 heavy (non-hydrogen) atoms. The molecular weight excluding hydrogens is 218 g/mol. The molecule has 0 aromatic rings. The van der Waals surface area contributed by atoms with E-state index in [0.29, 0.717) is 13.1 Å². The number of hydrogen-bond donors (Lipinski definition) is 2. The van der Waals surface area contributed by atoms with Gasteiger partial charge in [-0.05, 0) is 27.2 Å². The van der Waals surface area contributed by atoms with Crippen molar-refractivity contribution in [2.75, 3.05) is 13.1 Å². The Morgan fingerprint density at radius 2 is 1.76 bits per heavy atom. The van der Waals surface area contributed by atoms with Gasteiger partial charge in [0.05, 0.1) is 12.5 Å². The van der Waals surface area contributed by atoms with Crippen molar-refractivity contribution in [3.8, 4) is 0 Å². The normalized spacial score (nSPS) is 14.1. The van der Waals surface area contributed by atoms with Crippen molar-refractivity contribution in [1.82, 2.24) is 10.2 Å². The molecule has 3 N–H and O–H groups in total. The van der Waals surface area contributed by atoms with E-state index in [1.54, 1.807) is 4.90 Å². The second-order valence-corrected chi connectivity index (χ2v) is 4.20. The Balaban J connectivity index is 4.44. The molecule has 0 bridgehead atoms. The fourth-order valence-corrected chi connectivity index (χ4v) is 1.58. The van der Waals surface area contributed by atoms with E-state index < -0.39 is 11.9 Å². The Morgan fingerprint density at radius 1 is 1.24 bits per heavy atom. The summed E-state index contributed by atoms with van der Waals surface area (Å²) in [7, 11) is 0. The number of carbonyl (C=O) groups excluding carboxylic acids is 2. The molecule has 100 valence electrons. The first-order valence-corrected chi connectivity index (χ1v) is 6.29. The molecule has 0 radical (unpaired) electrons. The van der Waals surface area contributed by atoms with E-state index in [9.17, 15) is 9.59 Å². The lowest BCUT2D eigenvalue weighted by Crippen LogP contribution is -2.48. The van der Waals surface area contributed by atoms with E-state index in [-0.39, 0.29) is 18.4 Å². The lowest BCUT2D eigenvalue weighted by Gasteiger charge is -2.23. The molecule has 0 aliphatic carbocycles. The van der Waals surface area contributed by atoms with E-state index in [0.717, 1.165) is 6.42 Å². The zero-order valence-electron chi connectivity index (χ0n) is 11.3. The third-order valence-electron chi connectivity index (χ3n) is 2.94. The third kappa shape index (κ3) is 5.68. The van der Waals surface area contributed by atoms with Crippen LogP contribution in [0.1, 0.15) is 40.5 Å². The number of amides is 2. The van der Waals surface area contributed by atoms with Crippen LogP contribution in [0.3, 0.4) is 0 Å². The van der Waals surface area contributed by atoms with Gasteiger partial charge in [0, 0.05) is 19.1 Å². The number of rotatable bonds is 8. The van der Waals surface area contributed by atoms with Crippen LogP contribution in [0.15, 0.2) is 0 Å². The number of nitrogens with one attached hydrogen (secondary N) is 1. The van der Waals surface area contributed by atoms with Crippen LogP contribution in [0.5, 0.6) is 0 Å². The highest BCUT2D eigenvalue weighted by atomic mass is 16.2. The van der Waals surface area contributed by atoms with E-state index >= 15 is 0 Å². The molecule has 2 unspecified atom stereocenters. The van der Waals surface area contributed by atoms with Crippen molar-refractivity contribution < 1.29 is 9.59 Å². The Kier molecular flexibility index (Phi) is 7.54. The van der Waals surface area contributed by atoms with Crippen molar-refractivity contribution in [3.05, 3.63) is 0 Å². The van der Waals surface area contributed by atoms with Gasteiger partial charge in [0.1, 0.15) is 0 Å². The molecule has 2 atom stereocenters. The summed E-state index contributed by atoms with van der Waals surface area (Å²) in [6.45, 7) is 9.14. The average molecular weight is 243 g/mol. The van der Waals surface area contributed by atoms with Crippen molar-refractivity contribution >= 4 is 11.8 Å². The van der Waals surface area contributed by atoms with Gasteiger partial charge in [-0.2, -0.15) is 0 Å². The topological polar surface area (TPSA) is 75.4 Å². The molecule has 0 saturated carbocycles. The second kappa shape index (κ2) is 8.06. The minimum atomic E-state index is -0.571. The Morgan fingerprint density at radius 3 is 2.12 bits per heavy atom. The zero-order chi connectivity index (χ0) is 13.4. The average Bonchev–Trinajstić information content (AvgIpc) is 2.29.